The quantitative estimate of drug-likeness (QED) is 0.654. The van der Waals surface area contributed by atoms with Crippen LogP contribution in [-0.4, -0.2) is 4.98 Å². The largest absolute Gasteiger partial charge is 0.348 e. The van der Waals surface area contributed by atoms with Gasteiger partial charge in [-0.2, -0.15) is 8.78 Å². The van der Waals surface area contributed by atoms with E-state index in [0.717, 1.165) is 18.3 Å². The third-order valence-electron chi connectivity index (χ3n) is 1.10. The fraction of sp³-hybridized carbons (Fsp3) is 0.167. The summed E-state index contributed by atoms with van der Waals surface area (Å²) < 4.78 is 24.5. The maximum atomic E-state index is 12.2. The van der Waals surface area contributed by atoms with Gasteiger partial charge in [0.25, 0.3) is 0 Å². The summed E-state index contributed by atoms with van der Waals surface area (Å²) in [4.78, 5) is 12.7. The number of H-pyrrole nitrogens is 1. The Bertz CT molecular complexity index is 304. The number of hydrogen-bond donors (Lipinski definition) is 1. The molecule has 0 aromatic carbocycles. The first-order valence-electron chi connectivity index (χ1n) is 2.76. The van der Waals surface area contributed by atoms with Gasteiger partial charge in [0.05, 0.1) is 0 Å². The molecule has 0 aliphatic carbocycles. The van der Waals surface area contributed by atoms with Gasteiger partial charge in [-0.1, -0.05) is 0 Å². The smallest absolute Gasteiger partial charge is 0.329 e. The predicted octanol–water partition coefficient (Wildman–Crippen LogP) is 1.66. The summed E-state index contributed by atoms with van der Waals surface area (Å²) in [5.74, 6) is 0. The van der Waals surface area contributed by atoms with Crippen LogP contribution < -0.4 is 5.56 Å². The standard InChI is InChI=1S/C6H4ClF2NO/c7-6(8,9)4-1-2-10-5(11)3-4/h1-3H,(H,10,11). The molecule has 0 unspecified atom stereocenters. The van der Waals surface area contributed by atoms with E-state index in [1.54, 1.807) is 0 Å². The maximum absolute atomic E-state index is 12.2. The molecule has 0 aliphatic heterocycles. The molecule has 0 spiro atoms. The van der Waals surface area contributed by atoms with Crippen molar-refractivity contribution in [2.24, 2.45) is 0 Å². The molecule has 2 nitrogen and oxygen atoms in total. The van der Waals surface area contributed by atoms with Gasteiger partial charge in [-0.25, -0.2) is 0 Å². The number of rotatable bonds is 1. The summed E-state index contributed by atoms with van der Waals surface area (Å²) in [5.41, 5.74) is -1.09. The Balaban J connectivity index is 3.16. The maximum Gasteiger partial charge on any atom is 0.348 e. The molecule has 1 N–H and O–H groups in total. The molecule has 0 fully saturated rings. The molecular weight excluding hydrogens is 176 g/mol. The monoisotopic (exact) mass is 179 g/mol. The highest BCUT2D eigenvalue weighted by molar-refractivity contribution is 6.21. The zero-order valence-corrected chi connectivity index (χ0v) is 6.03. The zero-order chi connectivity index (χ0) is 8.48. The number of nitrogens with one attached hydrogen (secondary N) is 1. The molecule has 0 atom stereocenters. The lowest BCUT2D eigenvalue weighted by atomic mass is 10.3. The highest BCUT2D eigenvalue weighted by Crippen LogP contribution is 2.30. The van der Waals surface area contributed by atoms with Crippen LogP contribution in [0, 0.1) is 0 Å². The average molecular weight is 180 g/mol. The van der Waals surface area contributed by atoms with Gasteiger partial charge in [-0.05, 0) is 17.7 Å². The van der Waals surface area contributed by atoms with Crippen molar-refractivity contribution in [3.63, 3.8) is 0 Å². The molecule has 60 valence electrons. The number of aromatic amines is 1. The first-order valence-corrected chi connectivity index (χ1v) is 3.14. The molecule has 1 aromatic rings. The molecule has 1 rings (SSSR count). The highest BCUT2D eigenvalue weighted by atomic mass is 35.5. The van der Waals surface area contributed by atoms with Crippen LogP contribution in [0.25, 0.3) is 0 Å². The topological polar surface area (TPSA) is 32.9 Å². The summed E-state index contributed by atoms with van der Waals surface area (Å²) in [5, 5.41) is -3.46. The summed E-state index contributed by atoms with van der Waals surface area (Å²) in [6.45, 7) is 0. The number of alkyl halides is 3. The molecule has 0 amide bonds. The van der Waals surface area contributed by atoms with Crippen molar-refractivity contribution in [3.05, 3.63) is 34.2 Å². The Hall–Kier alpha value is -0.900. The van der Waals surface area contributed by atoms with Gasteiger partial charge in [-0.3, -0.25) is 4.79 Å². The van der Waals surface area contributed by atoms with Crippen molar-refractivity contribution >= 4 is 11.6 Å². The second-order valence-corrected chi connectivity index (χ2v) is 2.41. The number of hydrogen-bond acceptors (Lipinski definition) is 1. The van der Waals surface area contributed by atoms with Crippen LogP contribution in [0.2, 0.25) is 0 Å². The van der Waals surface area contributed by atoms with Crippen LogP contribution in [0.5, 0.6) is 0 Å². The molecule has 1 aromatic heterocycles. The lowest BCUT2D eigenvalue weighted by Crippen LogP contribution is -2.10. The summed E-state index contributed by atoms with van der Waals surface area (Å²) in [6.07, 6.45) is 1.12. The van der Waals surface area contributed by atoms with Gasteiger partial charge in [0, 0.05) is 17.8 Å². The third-order valence-corrected chi connectivity index (χ3v) is 1.32. The van der Waals surface area contributed by atoms with E-state index in [9.17, 15) is 13.6 Å². The van der Waals surface area contributed by atoms with E-state index in [-0.39, 0.29) is 0 Å². The SMILES string of the molecule is O=c1cc(C(F)(F)Cl)cc[nH]1. The Morgan fingerprint density at radius 1 is 1.55 bits per heavy atom. The Kier molecular flexibility index (Phi) is 1.95. The van der Waals surface area contributed by atoms with Crippen LogP contribution in [0.15, 0.2) is 23.1 Å². The van der Waals surface area contributed by atoms with Crippen molar-refractivity contribution < 1.29 is 8.78 Å². The summed E-state index contributed by atoms with van der Waals surface area (Å²) in [7, 11) is 0. The second kappa shape index (κ2) is 2.62. The fourth-order valence-corrected chi connectivity index (χ4v) is 0.738. The number of aromatic nitrogens is 1. The van der Waals surface area contributed by atoms with E-state index in [0.29, 0.717) is 0 Å². The Morgan fingerprint density at radius 2 is 2.18 bits per heavy atom. The van der Waals surface area contributed by atoms with Crippen LogP contribution in [0.3, 0.4) is 0 Å². The summed E-state index contributed by atoms with van der Waals surface area (Å²) >= 11 is 4.64. The van der Waals surface area contributed by atoms with Gasteiger partial charge in [0.15, 0.2) is 0 Å². The van der Waals surface area contributed by atoms with Crippen LogP contribution in [-0.2, 0) is 5.38 Å². The summed E-state index contributed by atoms with van der Waals surface area (Å²) in [6, 6.07) is 1.81. The van der Waals surface area contributed by atoms with Gasteiger partial charge in [0.2, 0.25) is 5.56 Å². The average Bonchev–Trinajstić information content (AvgIpc) is 1.86. The third kappa shape index (κ3) is 2.01. The van der Waals surface area contributed by atoms with E-state index in [4.69, 9.17) is 0 Å². The first kappa shape index (κ1) is 8.20. The van der Waals surface area contributed by atoms with Gasteiger partial charge in [-0.15, -0.1) is 0 Å². The Labute approximate surface area is 65.8 Å². The van der Waals surface area contributed by atoms with Gasteiger partial charge in [0.1, 0.15) is 0 Å². The minimum absolute atomic E-state index is 0.497. The lowest BCUT2D eigenvalue weighted by Gasteiger charge is -2.05. The Morgan fingerprint density at radius 3 is 2.55 bits per heavy atom. The molecule has 11 heavy (non-hydrogen) atoms. The molecular formula is C6H4ClF2NO. The second-order valence-electron chi connectivity index (χ2n) is 1.94. The zero-order valence-electron chi connectivity index (χ0n) is 5.27. The molecule has 0 radical (unpaired) electrons. The molecule has 0 saturated carbocycles. The molecule has 0 bridgehead atoms. The van der Waals surface area contributed by atoms with Gasteiger partial charge < -0.3 is 4.98 Å². The van der Waals surface area contributed by atoms with Crippen LogP contribution in [0.1, 0.15) is 5.56 Å². The highest BCUT2D eigenvalue weighted by Gasteiger charge is 2.27. The lowest BCUT2D eigenvalue weighted by molar-refractivity contribution is 0.0949. The minimum atomic E-state index is -3.46. The van der Waals surface area contributed by atoms with E-state index >= 15 is 0 Å². The van der Waals surface area contributed by atoms with E-state index in [1.165, 1.54) is 0 Å². The number of pyridine rings is 1. The van der Waals surface area contributed by atoms with Crippen molar-refractivity contribution in [1.29, 1.82) is 0 Å². The molecule has 5 heteroatoms. The predicted molar refractivity (Wildman–Crippen MR) is 36.8 cm³/mol. The van der Waals surface area contributed by atoms with E-state index in [2.05, 4.69) is 16.6 Å². The molecule has 0 saturated heterocycles. The van der Waals surface area contributed by atoms with Crippen molar-refractivity contribution in [1.82, 2.24) is 4.98 Å². The number of halogens is 3. The van der Waals surface area contributed by atoms with Crippen molar-refractivity contribution in [3.8, 4) is 0 Å². The minimum Gasteiger partial charge on any atom is -0.329 e. The van der Waals surface area contributed by atoms with Gasteiger partial charge >= 0.3 is 5.38 Å². The van der Waals surface area contributed by atoms with Crippen molar-refractivity contribution in [2.45, 2.75) is 5.38 Å². The van der Waals surface area contributed by atoms with Crippen LogP contribution in [0.4, 0.5) is 8.78 Å². The van der Waals surface area contributed by atoms with E-state index in [1.807, 2.05) is 0 Å². The van der Waals surface area contributed by atoms with Crippen LogP contribution >= 0.6 is 11.6 Å². The van der Waals surface area contributed by atoms with E-state index < -0.39 is 16.5 Å². The first-order chi connectivity index (χ1) is 5.00. The normalized spacial score (nSPS) is 11.5. The molecule has 1 heterocycles. The van der Waals surface area contributed by atoms with Crippen molar-refractivity contribution in [2.75, 3.05) is 0 Å². The fourth-order valence-electron chi connectivity index (χ4n) is 0.621. The molecule has 0 aliphatic rings.